The van der Waals surface area contributed by atoms with Gasteiger partial charge in [0.1, 0.15) is 0 Å². The summed E-state index contributed by atoms with van der Waals surface area (Å²) >= 11 is 0. The second-order valence-corrected chi connectivity index (χ2v) is 6.14. The minimum absolute atomic E-state index is 0.0662. The molecule has 0 saturated carbocycles. The van der Waals surface area contributed by atoms with Crippen molar-refractivity contribution in [3.8, 4) is 17.2 Å². The molecule has 0 aliphatic heterocycles. The maximum atomic E-state index is 5.82. The minimum Gasteiger partial charge on any atom is -0.493 e. The van der Waals surface area contributed by atoms with Crippen molar-refractivity contribution in [1.29, 1.82) is 0 Å². The Morgan fingerprint density at radius 2 is 1.62 bits per heavy atom. The first kappa shape index (κ1) is 17.6. The third-order valence-electron chi connectivity index (χ3n) is 3.09. The summed E-state index contributed by atoms with van der Waals surface area (Å²) in [5, 5.41) is 3.46. The van der Waals surface area contributed by atoms with Crippen molar-refractivity contribution in [2.75, 3.05) is 20.8 Å². The number of nitrogens with one attached hydrogen (secondary N) is 1. The first-order valence-electron chi connectivity index (χ1n) is 7.54. The molecule has 0 bridgehead atoms. The van der Waals surface area contributed by atoms with E-state index < -0.39 is 0 Å². The molecule has 0 saturated heterocycles. The van der Waals surface area contributed by atoms with Crippen molar-refractivity contribution in [2.45, 2.75) is 52.6 Å². The Bertz CT molecular complexity index is 413. The highest BCUT2D eigenvalue weighted by atomic mass is 16.5. The molecule has 0 amide bonds. The first-order valence-corrected chi connectivity index (χ1v) is 7.54. The molecule has 4 nitrogen and oxygen atoms in total. The number of hydrogen-bond donors (Lipinski definition) is 1. The predicted molar refractivity (Wildman–Crippen MR) is 86.5 cm³/mol. The summed E-state index contributed by atoms with van der Waals surface area (Å²) < 4.78 is 16.7. The highest BCUT2D eigenvalue weighted by Gasteiger charge is 2.15. The third-order valence-corrected chi connectivity index (χ3v) is 3.09. The Morgan fingerprint density at radius 3 is 2.05 bits per heavy atom. The summed E-state index contributed by atoms with van der Waals surface area (Å²) in [6.07, 6.45) is 2.11. The van der Waals surface area contributed by atoms with Crippen LogP contribution in [0.4, 0.5) is 0 Å². The van der Waals surface area contributed by atoms with Crippen molar-refractivity contribution in [1.82, 2.24) is 5.32 Å². The Morgan fingerprint density at radius 1 is 1.05 bits per heavy atom. The molecular formula is C17H29NO3. The van der Waals surface area contributed by atoms with Crippen molar-refractivity contribution in [2.24, 2.45) is 0 Å². The summed E-state index contributed by atoms with van der Waals surface area (Å²) in [5.41, 5.74) is 1.18. The fraction of sp³-hybridized carbons (Fsp3) is 0.647. The molecule has 21 heavy (non-hydrogen) atoms. The molecule has 0 fully saturated rings. The van der Waals surface area contributed by atoms with Gasteiger partial charge in [0.15, 0.2) is 11.5 Å². The van der Waals surface area contributed by atoms with Gasteiger partial charge in [-0.1, -0.05) is 13.3 Å². The van der Waals surface area contributed by atoms with Gasteiger partial charge in [-0.25, -0.2) is 0 Å². The van der Waals surface area contributed by atoms with Crippen LogP contribution in [0.25, 0.3) is 0 Å². The minimum atomic E-state index is 0.0662. The topological polar surface area (TPSA) is 39.7 Å². The lowest BCUT2D eigenvalue weighted by atomic mass is 10.1. The molecule has 0 aliphatic rings. The van der Waals surface area contributed by atoms with Crippen LogP contribution in [-0.2, 0) is 6.54 Å². The van der Waals surface area contributed by atoms with Crippen LogP contribution in [0, 0.1) is 0 Å². The van der Waals surface area contributed by atoms with Crippen LogP contribution >= 0.6 is 0 Å². The van der Waals surface area contributed by atoms with Gasteiger partial charge in [-0.05, 0) is 44.9 Å². The molecule has 0 aliphatic carbocycles. The van der Waals surface area contributed by atoms with Gasteiger partial charge in [-0.2, -0.15) is 0 Å². The van der Waals surface area contributed by atoms with E-state index in [2.05, 4.69) is 33.0 Å². The molecular weight excluding hydrogens is 266 g/mol. The summed E-state index contributed by atoms with van der Waals surface area (Å²) in [4.78, 5) is 0. The quantitative estimate of drug-likeness (QED) is 0.741. The average molecular weight is 295 g/mol. The van der Waals surface area contributed by atoms with Crippen LogP contribution < -0.4 is 19.5 Å². The lowest BCUT2D eigenvalue weighted by molar-refractivity contribution is 0.269. The number of ether oxygens (including phenoxy) is 3. The SMILES string of the molecule is CCCCOc1c(OC)cc(CNC(C)(C)C)cc1OC. The Hall–Kier alpha value is -1.42. The number of rotatable bonds is 8. The van der Waals surface area contributed by atoms with Crippen LogP contribution in [0.3, 0.4) is 0 Å². The summed E-state index contributed by atoms with van der Waals surface area (Å²) in [6.45, 7) is 9.99. The maximum Gasteiger partial charge on any atom is 0.203 e. The zero-order chi connectivity index (χ0) is 15.9. The van der Waals surface area contributed by atoms with Crippen molar-refractivity contribution >= 4 is 0 Å². The van der Waals surface area contributed by atoms with Gasteiger partial charge < -0.3 is 19.5 Å². The van der Waals surface area contributed by atoms with Crippen molar-refractivity contribution < 1.29 is 14.2 Å². The molecule has 0 heterocycles. The molecule has 1 N–H and O–H groups in total. The Balaban J connectivity index is 2.94. The van der Waals surface area contributed by atoms with E-state index in [0.29, 0.717) is 12.4 Å². The van der Waals surface area contributed by atoms with E-state index >= 15 is 0 Å². The molecule has 0 atom stereocenters. The van der Waals surface area contributed by atoms with Crippen LogP contribution in [-0.4, -0.2) is 26.4 Å². The van der Waals surface area contributed by atoms with E-state index in [9.17, 15) is 0 Å². The lowest BCUT2D eigenvalue weighted by Gasteiger charge is -2.22. The summed E-state index contributed by atoms with van der Waals surface area (Å²) in [7, 11) is 3.31. The van der Waals surface area contributed by atoms with Crippen LogP contribution in [0.2, 0.25) is 0 Å². The summed E-state index contributed by atoms with van der Waals surface area (Å²) in [5.74, 6) is 2.13. The van der Waals surface area contributed by atoms with E-state index in [0.717, 1.165) is 36.4 Å². The smallest absolute Gasteiger partial charge is 0.203 e. The van der Waals surface area contributed by atoms with E-state index in [-0.39, 0.29) is 5.54 Å². The van der Waals surface area contributed by atoms with Gasteiger partial charge in [0.2, 0.25) is 5.75 Å². The van der Waals surface area contributed by atoms with Gasteiger partial charge in [0, 0.05) is 12.1 Å². The number of methoxy groups -OCH3 is 2. The molecule has 1 aromatic carbocycles. The Kier molecular flexibility index (Phi) is 6.82. The predicted octanol–water partition coefficient (Wildman–Crippen LogP) is 3.77. The van der Waals surface area contributed by atoms with Gasteiger partial charge in [-0.15, -0.1) is 0 Å². The molecule has 0 spiro atoms. The fourth-order valence-corrected chi connectivity index (χ4v) is 1.86. The zero-order valence-electron chi connectivity index (χ0n) is 14.2. The largest absolute Gasteiger partial charge is 0.493 e. The van der Waals surface area contributed by atoms with Crippen LogP contribution in [0.1, 0.15) is 46.1 Å². The van der Waals surface area contributed by atoms with Crippen LogP contribution in [0.15, 0.2) is 12.1 Å². The molecule has 120 valence electrons. The molecule has 0 aromatic heterocycles. The monoisotopic (exact) mass is 295 g/mol. The van der Waals surface area contributed by atoms with Gasteiger partial charge >= 0.3 is 0 Å². The fourth-order valence-electron chi connectivity index (χ4n) is 1.86. The molecule has 4 heteroatoms. The summed E-state index contributed by atoms with van der Waals surface area (Å²) in [6, 6.07) is 4.01. The van der Waals surface area contributed by atoms with Crippen LogP contribution in [0.5, 0.6) is 17.2 Å². The van der Waals surface area contributed by atoms with Gasteiger partial charge in [0.25, 0.3) is 0 Å². The zero-order valence-corrected chi connectivity index (χ0v) is 14.2. The molecule has 1 aromatic rings. The highest BCUT2D eigenvalue weighted by molar-refractivity contribution is 5.53. The lowest BCUT2D eigenvalue weighted by Crippen LogP contribution is -2.35. The van der Waals surface area contributed by atoms with E-state index in [1.165, 1.54) is 0 Å². The third kappa shape index (κ3) is 5.84. The first-order chi connectivity index (χ1) is 9.91. The number of unbranched alkanes of at least 4 members (excludes halogenated alkanes) is 1. The standard InChI is InChI=1S/C17H29NO3/c1-7-8-9-21-16-14(19-5)10-13(11-15(16)20-6)12-18-17(2,3)4/h10-11,18H,7-9,12H2,1-6H3. The number of benzene rings is 1. The van der Waals surface area contributed by atoms with Crippen molar-refractivity contribution in [3.63, 3.8) is 0 Å². The average Bonchev–Trinajstić information content (AvgIpc) is 2.44. The molecule has 0 unspecified atom stereocenters. The molecule has 0 radical (unpaired) electrons. The van der Waals surface area contributed by atoms with E-state index in [4.69, 9.17) is 14.2 Å². The second kappa shape index (κ2) is 8.13. The normalized spacial score (nSPS) is 11.3. The highest BCUT2D eigenvalue weighted by Crippen LogP contribution is 2.38. The maximum absolute atomic E-state index is 5.82. The van der Waals surface area contributed by atoms with Crippen molar-refractivity contribution in [3.05, 3.63) is 17.7 Å². The van der Waals surface area contributed by atoms with Gasteiger partial charge in [-0.3, -0.25) is 0 Å². The van der Waals surface area contributed by atoms with E-state index in [1.807, 2.05) is 12.1 Å². The van der Waals surface area contributed by atoms with Gasteiger partial charge in [0.05, 0.1) is 20.8 Å². The molecule has 1 rings (SSSR count). The second-order valence-electron chi connectivity index (χ2n) is 6.14. The number of hydrogen-bond acceptors (Lipinski definition) is 4. The van der Waals surface area contributed by atoms with E-state index in [1.54, 1.807) is 14.2 Å². The Labute approximate surface area is 128 Å².